The molecule has 1 N–H and O–H groups in total. The van der Waals surface area contributed by atoms with E-state index in [1.807, 2.05) is 18.2 Å². The van der Waals surface area contributed by atoms with Crippen LogP contribution in [0.15, 0.2) is 48.5 Å². The van der Waals surface area contributed by atoms with Gasteiger partial charge in [-0.2, -0.15) is 0 Å². The molecule has 148 valence electrons. The zero-order chi connectivity index (χ0) is 19.3. The van der Waals surface area contributed by atoms with E-state index in [4.69, 9.17) is 4.74 Å². The van der Waals surface area contributed by atoms with E-state index >= 15 is 0 Å². The number of carbonyl (C=O) groups excluding carboxylic acids is 1. The highest BCUT2D eigenvalue weighted by molar-refractivity contribution is 5.78. The fourth-order valence-corrected chi connectivity index (χ4v) is 4.31. The third kappa shape index (κ3) is 4.49. The van der Waals surface area contributed by atoms with Crippen molar-refractivity contribution in [1.82, 2.24) is 5.32 Å². The molecule has 2 aromatic carbocycles. The minimum atomic E-state index is 0.0415. The number of fused-ring (bicyclic) bond motifs is 1. The second-order valence-electron chi connectivity index (χ2n) is 8.15. The summed E-state index contributed by atoms with van der Waals surface area (Å²) in [5.41, 5.74) is 3.58. The monoisotopic (exact) mass is 378 g/mol. The molecule has 1 aliphatic carbocycles. The number of benzene rings is 2. The van der Waals surface area contributed by atoms with Crippen molar-refractivity contribution in [3.8, 4) is 5.75 Å². The first-order chi connectivity index (χ1) is 13.7. The lowest BCUT2D eigenvalue weighted by Crippen LogP contribution is -2.47. The molecule has 1 fully saturated rings. The Morgan fingerprint density at radius 2 is 1.82 bits per heavy atom. The van der Waals surface area contributed by atoms with Crippen LogP contribution < -0.4 is 15.0 Å². The molecule has 2 aromatic rings. The maximum Gasteiger partial charge on any atom is 0.222 e. The Hall–Kier alpha value is -2.49. The second kappa shape index (κ2) is 8.68. The number of nitrogens with zero attached hydrogens (tertiary/aromatic N) is 1. The third-order valence-electron chi connectivity index (χ3n) is 5.91. The summed E-state index contributed by atoms with van der Waals surface area (Å²) >= 11 is 0. The number of para-hydroxylation sites is 2. The predicted octanol–water partition coefficient (Wildman–Crippen LogP) is 4.60. The summed E-state index contributed by atoms with van der Waals surface area (Å²) in [4.78, 5) is 15.1. The Kier molecular flexibility index (Phi) is 5.84. The largest absolute Gasteiger partial charge is 0.489 e. The summed E-state index contributed by atoms with van der Waals surface area (Å²) in [7, 11) is 0. The van der Waals surface area contributed by atoms with E-state index in [-0.39, 0.29) is 11.9 Å². The highest BCUT2D eigenvalue weighted by Crippen LogP contribution is 2.35. The van der Waals surface area contributed by atoms with Crippen LogP contribution in [0.1, 0.15) is 49.7 Å². The fraction of sp³-hybridized carbons (Fsp3) is 0.458. The molecule has 2 aliphatic rings. The van der Waals surface area contributed by atoms with Gasteiger partial charge in [-0.1, -0.05) is 61.2 Å². The summed E-state index contributed by atoms with van der Waals surface area (Å²) in [6, 6.07) is 17.2. The molecule has 0 saturated heterocycles. The molecule has 0 bridgehead atoms. The van der Waals surface area contributed by atoms with Gasteiger partial charge < -0.3 is 15.0 Å². The van der Waals surface area contributed by atoms with Crippen molar-refractivity contribution in [2.45, 2.75) is 64.1 Å². The van der Waals surface area contributed by atoms with Gasteiger partial charge in [-0.15, -0.1) is 0 Å². The van der Waals surface area contributed by atoms with E-state index in [0.717, 1.165) is 30.8 Å². The van der Waals surface area contributed by atoms with Crippen LogP contribution in [-0.2, 0) is 11.3 Å². The van der Waals surface area contributed by atoms with Gasteiger partial charge in [-0.3, -0.25) is 4.79 Å². The van der Waals surface area contributed by atoms with Crippen LogP contribution in [0.25, 0.3) is 0 Å². The average molecular weight is 379 g/mol. The minimum Gasteiger partial charge on any atom is -0.489 e. The second-order valence-corrected chi connectivity index (χ2v) is 8.15. The number of anilines is 1. The number of carbonyl (C=O) groups is 1. The third-order valence-corrected chi connectivity index (χ3v) is 5.91. The van der Waals surface area contributed by atoms with Gasteiger partial charge in [0.05, 0.1) is 18.2 Å². The van der Waals surface area contributed by atoms with Gasteiger partial charge in [-0.05, 0) is 37.5 Å². The molecule has 1 atom stereocenters. The van der Waals surface area contributed by atoms with Crippen molar-refractivity contribution in [1.29, 1.82) is 0 Å². The van der Waals surface area contributed by atoms with E-state index in [1.165, 1.54) is 30.4 Å². The Balaban J connectivity index is 1.49. The number of hydrogen-bond acceptors (Lipinski definition) is 3. The first-order valence-corrected chi connectivity index (χ1v) is 10.5. The van der Waals surface area contributed by atoms with Crippen LogP contribution in [0.2, 0.25) is 0 Å². The lowest BCUT2D eigenvalue weighted by Gasteiger charge is -2.38. The molecule has 1 saturated carbocycles. The number of hydrogen-bond donors (Lipinski definition) is 1. The van der Waals surface area contributed by atoms with Gasteiger partial charge in [0.2, 0.25) is 5.91 Å². The molecule has 1 amide bonds. The molecular formula is C24H30N2O2. The molecule has 0 radical (unpaired) electrons. The molecule has 28 heavy (non-hydrogen) atoms. The van der Waals surface area contributed by atoms with Crippen LogP contribution in [0.5, 0.6) is 5.75 Å². The van der Waals surface area contributed by atoms with Crippen LogP contribution in [0.3, 0.4) is 0 Å². The molecule has 4 heteroatoms. The van der Waals surface area contributed by atoms with E-state index in [2.05, 4.69) is 47.5 Å². The van der Waals surface area contributed by atoms with E-state index in [0.29, 0.717) is 19.1 Å². The van der Waals surface area contributed by atoms with Gasteiger partial charge in [0.1, 0.15) is 12.4 Å². The maximum atomic E-state index is 12.7. The predicted molar refractivity (Wildman–Crippen MR) is 113 cm³/mol. The quantitative estimate of drug-likeness (QED) is 0.827. The lowest BCUT2D eigenvalue weighted by atomic mass is 9.95. The van der Waals surface area contributed by atoms with E-state index < -0.39 is 0 Å². The average Bonchev–Trinajstić information content (AvgIpc) is 2.72. The summed E-state index contributed by atoms with van der Waals surface area (Å²) in [6.07, 6.45) is 6.45. The normalized spacial score (nSPS) is 19.6. The van der Waals surface area contributed by atoms with E-state index in [9.17, 15) is 4.79 Å². The number of aryl methyl sites for hydroxylation is 1. The SMILES string of the molecule is Cc1ccc(CN2c3ccccc3OCC2CC(=O)NC2CCCCC2)cc1. The molecule has 0 spiro atoms. The maximum absolute atomic E-state index is 12.7. The number of rotatable bonds is 5. The first-order valence-electron chi connectivity index (χ1n) is 10.5. The van der Waals surface area contributed by atoms with Crippen molar-refractivity contribution in [2.24, 2.45) is 0 Å². The molecular weight excluding hydrogens is 348 g/mol. The Morgan fingerprint density at radius 3 is 2.61 bits per heavy atom. The molecule has 4 rings (SSSR count). The Labute approximate surface area is 167 Å². The van der Waals surface area contributed by atoms with Crippen molar-refractivity contribution >= 4 is 11.6 Å². The molecule has 1 aliphatic heterocycles. The van der Waals surface area contributed by atoms with Gasteiger partial charge in [0.25, 0.3) is 0 Å². The smallest absolute Gasteiger partial charge is 0.222 e. The summed E-state index contributed by atoms with van der Waals surface area (Å²) < 4.78 is 5.99. The zero-order valence-corrected chi connectivity index (χ0v) is 16.7. The van der Waals surface area contributed by atoms with Gasteiger partial charge >= 0.3 is 0 Å². The van der Waals surface area contributed by atoms with Crippen LogP contribution in [0, 0.1) is 6.92 Å². The summed E-state index contributed by atoms with van der Waals surface area (Å²) in [5.74, 6) is 1.05. The van der Waals surface area contributed by atoms with Crippen molar-refractivity contribution in [2.75, 3.05) is 11.5 Å². The number of nitrogens with one attached hydrogen (secondary N) is 1. The van der Waals surface area contributed by atoms with Gasteiger partial charge in [0, 0.05) is 12.6 Å². The Bertz CT molecular complexity index is 797. The van der Waals surface area contributed by atoms with Crippen molar-refractivity contribution < 1.29 is 9.53 Å². The van der Waals surface area contributed by atoms with Crippen molar-refractivity contribution in [3.05, 3.63) is 59.7 Å². The zero-order valence-electron chi connectivity index (χ0n) is 16.7. The summed E-state index contributed by atoms with van der Waals surface area (Å²) in [6.45, 7) is 3.43. The molecule has 0 aromatic heterocycles. The van der Waals surface area contributed by atoms with Crippen molar-refractivity contribution in [3.63, 3.8) is 0 Å². The highest BCUT2D eigenvalue weighted by Gasteiger charge is 2.30. The van der Waals surface area contributed by atoms with Crippen LogP contribution in [-0.4, -0.2) is 24.6 Å². The van der Waals surface area contributed by atoms with E-state index in [1.54, 1.807) is 0 Å². The molecule has 4 nitrogen and oxygen atoms in total. The standard InChI is InChI=1S/C24H30N2O2/c1-18-11-13-19(14-12-18)16-26-21(17-28-23-10-6-5-9-22(23)26)15-24(27)25-20-7-3-2-4-8-20/h5-6,9-14,20-21H,2-4,7-8,15-17H2,1H3,(H,25,27). The molecule has 1 heterocycles. The first kappa shape index (κ1) is 18.9. The molecule has 1 unspecified atom stereocenters. The van der Waals surface area contributed by atoms with Gasteiger partial charge in [-0.25, -0.2) is 0 Å². The Morgan fingerprint density at radius 1 is 1.07 bits per heavy atom. The fourth-order valence-electron chi connectivity index (χ4n) is 4.31. The highest BCUT2D eigenvalue weighted by atomic mass is 16.5. The minimum absolute atomic E-state index is 0.0415. The topological polar surface area (TPSA) is 41.6 Å². The number of amides is 1. The lowest BCUT2D eigenvalue weighted by molar-refractivity contribution is -0.122. The number of ether oxygens (including phenoxy) is 1. The van der Waals surface area contributed by atoms with Gasteiger partial charge in [0.15, 0.2) is 0 Å². The van der Waals surface area contributed by atoms with Crippen LogP contribution >= 0.6 is 0 Å². The summed E-state index contributed by atoms with van der Waals surface area (Å²) in [5, 5.41) is 3.26. The van der Waals surface area contributed by atoms with Crippen LogP contribution in [0.4, 0.5) is 5.69 Å².